The van der Waals surface area contributed by atoms with Gasteiger partial charge in [0.25, 0.3) is 7.82 Å². The Labute approximate surface area is 143 Å². The van der Waals surface area contributed by atoms with Crippen molar-refractivity contribution in [3.63, 3.8) is 0 Å². The summed E-state index contributed by atoms with van der Waals surface area (Å²) in [6.07, 6.45) is 0. The molecule has 40 valence electrons. The van der Waals surface area contributed by atoms with Gasteiger partial charge in [0.05, 0.1) is 0 Å². The van der Waals surface area contributed by atoms with E-state index < -0.39 is 7.82 Å². The molecule has 0 spiro atoms. The maximum Gasteiger partial charge on any atom is 1.00 e. The van der Waals surface area contributed by atoms with Crippen molar-refractivity contribution in [2.75, 3.05) is 0 Å². The van der Waals surface area contributed by atoms with Gasteiger partial charge in [-0.1, -0.05) is 0 Å². The minimum atomic E-state index is -4.89. The summed E-state index contributed by atoms with van der Waals surface area (Å²) in [5.41, 5.74) is 0. The van der Waals surface area contributed by atoms with Crippen LogP contribution in [0.25, 0.3) is 0 Å². The molecule has 0 atom stereocenters. The first kappa shape index (κ1) is 22.6. The topological polar surface area (TPSA) is 80.6 Å². The van der Waals surface area contributed by atoms with Crippen LogP contribution in [0.4, 0.5) is 0 Å². The van der Waals surface area contributed by atoms with Gasteiger partial charge in [0.15, 0.2) is 0 Å². The Balaban J connectivity index is -0.0000000267. The van der Waals surface area contributed by atoms with Crippen LogP contribution in [0.2, 0.25) is 0 Å². The van der Waals surface area contributed by atoms with E-state index in [1.54, 1.807) is 0 Å². The van der Waals surface area contributed by atoms with E-state index in [1.807, 2.05) is 0 Å². The zero-order chi connectivity index (χ0) is 4.50. The third-order valence-corrected chi connectivity index (χ3v) is 0. The van der Waals surface area contributed by atoms with Crippen LogP contribution < -0.4 is 125 Å². The Morgan fingerprint density at radius 1 is 1.25 bits per heavy atom. The molecule has 0 radical (unpaired) electrons. The molecule has 0 amide bonds. The molecule has 0 aromatic carbocycles. The van der Waals surface area contributed by atoms with Crippen molar-refractivity contribution in [3.8, 4) is 0 Å². The number of hydrogen-bond acceptors (Lipinski definition) is 2. The summed E-state index contributed by atoms with van der Waals surface area (Å²) in [6.45, 7) is 0. The molecule has 2 N–H and O–H groups in total. The second-order valence-corrected chi connectivity index (χ2v) is 1.47. The second-order valence-electron chi connectivity index (χ2n) is 0.491. The predicted molar refractivity (Wildman–Crippen MR) is 12.0 cm³/mol. The zero-order valence-electron chi connectivity index (χ0n) is 4.54. The Morgan fingerprint density at radius 2 is 1.25 bits per heavy atom. The zero-order valence-corrected chi connectivity index (χ0v) is 13.3. The third-order valence-electron chi connectivity index (χ3n) is 0. The molecular weight excluding hydrogens is 253 g/mol. The van der Waals surface area contributed by atoms with Crippen LogP contribution >= 0.6 is 7.82 Å². The molecule has 0 aliphatic heterocycles. The van der Waals surface area contributed by atoms with Crippen LogP contribution in [-0.4, -0.2) is 9.79 Å². The molecule has 0 aliphatic rings. The molecule has 0 saturated heterocycles. The fourth-order valence-corrected chi connectivity index (χ4v) is 0. The van der Waals surface area contributed by atoms with Gasteiger partial charge in [0, 0.05) is 0 Å². The van der Waals surface area contributed by atoms with Crippen LogP contribution in [0.5, 0.6) is 0 Å². The summed E-state index contributed by atoms with van der Waals surface area (Å²) < 4.78 is 8.77. The van der Waals surface area contributed by atoms with Gasteiger partial charge in [-0.05, 0) is 0 Å². The van der Waals surface area contributed by atoms with E-state index in [0.717, 1.165) is 0 Å². The predicted octanol–water partition coefficient (Wildman–Crippen LogP) is -10.5. The molecule has 0 aliphatic carbocycles. The first-order valence-corrected chi connectivity index (χ1v) is 2.30. The molecule has 0 aromatic rings. The van der Waals surface area contributed by atoms with Crippen molar-refractivity contribution < 1.29 is 139 Å². The molecule has 0 rings (SSSR count). The molecule has 0 fully saturated rings. The number of rotatable bonds is 0. The van der Waals surface area contributed by atoms with Crippen molar-refractivity contribution in [3.05, 3.63) is 0 Å². The van der Waals surface area contributed by atoms with Crippen LogP contribution in [0.1, 0.15) is 0 Å². The van der Waals surface area contributed by atoms with Crippen LogP contribution in [0.15, 0.2) is 0 Å². The van der Waals surface area contributed by atoms with E-state index in [2.05, 4.69) is 0 Å². The Morgan fingerprint density at radius 3 is 1.25 bits per heavy atom. The quantitative estimate of drug-likeness (QED) is 0.333. The van der Waals surface area contributed by atoms with Crippen molar-refractivity contribution >= 4 is 7.82 Å². The largest absolute Gasteiger partial charge is 1.00 e. The second kappa shape index (κ2) is 10.9. The van der Waals surface area contributed by atoms with Gasteiger partial charge >= 0.3 is 103 Å². The molecular formula is H2BrK2O4P. The maximum atomic E-state index is 8.77. The van der Waals surface area contributed by atoms with Gasteiger partial charge in [0.2, 0.25) is 0 Å². The Kier molecular flexibility index (Phi) is 30.7. The third kappa shape index (κ3) is 51.9. The van der Waals surface area contributed by atoms with Crippen molar-refractivity contribution in [1.29, 1.82) is 0 Å². The van der Waals surface area contributed by atoms with Gasteiger partial charge in [-0.25, -0.2) is 0 Å². The molecule has 0 aromatic heterocycles. The van der Waals surface area contributed by atoms with Crippen LogP contribution in [0.3, 0.4) is 0 Å². The minimum Gasteiger partial charge on any atom is -1.00 e. The van der Waals surface area contributed by atoms with Crippen molar-refractivity contribution in [2.24, 2.45) is 0 Å². The summed E-state index contributed by atoms with van der Waals surface area (Å²) in [7, 11) is -4.89. The van der Waals surface area contributed by atoms with Crippen LogP contribution in [0, 0.1) is 0 Å². The van der Waals surface area contributed by atoms with Crippen molar-refractivity contribution in [2.45, 2.75) is 0 Å². The normalized spacial score (nSPS) is 7.38. The SMILES string of the molecule is O=P([O-])(O)O.[Br-].[K+].[K+]. The standard InChI is InChI=1S/BrH.2K.H3O4P/c;;;1-5(2,3)4/h1H;;;(H3,1,2,3,4)/q;2*+1;/p-2. The fraction of sp³-hybridized carbons (Fsp3) is 0. The van der Waals surface area contributed by atoms with E-state index in [1.165, 1.54) is 0 Å². The van der Waals surface area contributed by atoms with Crippen molar-refractivity contribution in [1.82, 2.24) is 0 Å². The molecule has 8 heavy (non-hydrogen) atoms. The summed E-state index contributed by atoms with van der Waals surface area (Å²) in [6, 6.07) is 0. The van der Waals surface area contributed by atoms with E-state index in [4.69, 9.17) is 19.2 Å². The maximum absolute atomic E-state index is 8.77. The molecule has 0 bridgehead atoms. The van der Waals surface area contributed by atoms with Gasteiger partial charge < -0.3 is 31.7 Å². The summed E-state index contributed by atoms with van der Waals surface area (Å²) in [4.78, 5) is 22.9. The van der Waals surface area contributed by atoms with Gasteiger partial charge in [-0.15, -0.1) is 0 Å². The summed E-state index contributed by atoms with van der Waals surface area (Å²) in [5.74, 6) is 0. The Hall–Kier alpha value is 3.86. The minimum absolute atomic E-state index is 0. The first-order chi connectivity index (χ1) is 2.00. The van der Waals surface area contributed by atoms with E-state index in [-0.39, 0.29) is 120 Å². The smallest absolute Gasteiger partial charge is 1.00 e. The monoisotopic (exact) mass is 254 g/mol. The molecule has 8 heteroatoms. The number of phosphoric acid groups is 1. The van der Waals surface area contributed by atoms with Crippen LogP contribution in [-0.2, 0) is 4.57 Å². The molecule has 0 heterocycles. The average Bonchev–Trinajstić information content (AvgIpc) is 0.722. The average molecular weight is 255 g/mol. The van der Waals surface area contributed by atoms with E-state index in [9.17, 15) is 0 Å². The summed E-state index contributed by atoms with van der Waals surface area (Å²) in [5, 5.41) is 0. The van der Waals surface area contributed by atoms with Gasteiger partial charge in [0.1, 0.15) is 0 Å². The van der Waals surface area contributed by atoms with Gasteiger partial charge in [-0.3, -0.25) is 4.57 Å². The number of halogens is 1. The first-order valence-electron chi connectivity index (χ1n) is 0.765. The molecule has 4 nitrogen and oxygen atoms in total. The van der Waals surface area contributed by atoms with E-state index >= 15 is 0 Å². The summed E-state index contributed by atoms with van der Waals surface area (Å²) >= 11 is 0. The fourth-order valence-electron chi connectivity index (χ4n) is 0. The Bertz CT molecular complexity index is 60.2. The van der Waals surface area contributed by atoms with Gasteiger partial charge in [-0.2, -0.15) is 0 Å². The van der Waals surface area contributed by atoms with E-state index in [0.29, 0.717) is 0 Å². The molecule has 0 saturated carbocycles. The molecule has 0 unspecified atom stereocenters. The number of hydrogen-bond donors (Lipinski definition) is 2.